The van der Waals surface area contributed by atoms with Crippen LogP contribution in [0.25, 0.3) is 0 Å². The molecule has 2 heterocycles. The number of fused-ring (bicyclic) bond motifs is 1. The maximum Gasteiger partial charge on any atom is 0.321 e. The number of nitrogens with zero attached hydrogens (tertiary/aromatic N) is 2. The monoisotopic (exact) mass is 211 g/mol. The Morgan fingerprint density at radius 3 is 3.07 bits per heavy atom. The van der Waals surface area contributed by atoms with Gasteiger partial charge in [0.15, 0.2) is 0 Å². The molecule has 0 radical (unpaired) electrons. The molecule has 2 rings (SSSR count). The van der Waals surface area contributed by atoms with E-state index in [1.54, 1.807) is 0 Å². The summed E-state index contributed by atoms with van der Waals surface area (Å²) < 4.78 is 2.48. The van der Waals surface area contributed by atoms with E-state index in [9.17, 15) is 4.79 Å². The van der Waals surface area contributed by atoms with Gasteiger partial charge in [-0.1, -0.05) is 0 Å². The largest absolute Gasteiger partial charge is 0.388 e. The fourth-order valence-electron chi connectivity index (χ4n) is 2.48. The molecule has 2 aliphatic rings. The molecular formula is C9H18AlN3O. The summed E-state index contributed by atoms with van der Waals surface area (Å²) in [6.45, 7) is 6.45. The zero-order chi connectivity index (χ0) is 10.1. The predicted molar refractivity (Wildman–Crippen MR) is 57.7 cm³/mol. The smallest absolute Gasteiger partial charge is 0.321 e. The van der Waals surface area contributed by atoms with Crippen molar-refractivity contribution in [1.29, 1.82) is 0 Å². The second kappa shape index (κ2) is 4.20. The topological polar surface area (TPSA) is 35.6 Å². The summed E-state index contributed by atoms with van der Waals surface area (Å²) in [7, 11) is 0. The third-order valence-corrected chi connectivity index (χ3v) is 4.13. The van der Waals surface area contributed by atoms with Crippen LogP contribution in [0.15, 0.2) is 0 Å². The van der Waals surface area contributed by atoms with Gasteiger partial charge >= 0.3 is 16.5 Å². The first kappa shape index (κ1) is 10.4. The Hall–Kier alpha value is -0.0775. The van der Waals surface area contributed by atoms with Crippen LogP contribution in [0.4, 0.5) is 0 Å². The molecule has 2 saturated heterocycles. The standard InChI is InChI=1S/C9H16N3O.Al.2H/c1-7-4-9(13)11-6-8-5-10-2-3-12(7)8;;;/h7-8H,2-6H2,1H3,(H,11,13);;;/q-1;+1;;/t7-,8?;;;/m1.../s1. The van der Waals surface area contributed by atoms with Crippen LogP contribution in [-0.4, -0.2) is 69.5 Å². The van der Waals surface area contributed by atoms with Crippen LogP contribution in [0.5, 0.6) is 0 Å². The van der Waals surface area contributed by atoms with E-state index in [0.717, 1.165) is 36.1 Å². The van der Waals surface area contributed by atoms with Crippen molar-refractivity contribution in [2.45, 2.75) is 25.4 Å². The van der Waals surface area contributed by atoms with E-state index in [2.05, 4.69) is 21.0 Å². The molecule has 0 saturated carbocycles. The molecule has 78 valence electrons. The second-order valence-electron chi connectivity index (χ2n) is 4.51. The van der Waals surface area contributed by atoms with Crippen molar-refractivity contribution < 1.29 is 4.79 Å². The third-order valence-electron chi connectivity index (χ3n) is 3.31. The summed E-state index contributed by atoms with van der Waals surface area (Å²) in [6, 6.07) is 0.959. The minimum absolute atomic E-state index is 0.215. The van der Waals surface area contributed by atoms with Gasteiger partial charge in [0.05, 0.1) is 0 Å². The highest BCUT2D eigenvalue weighted by Crippen LogP contribution is 2.16. The number of hydrogen-bond donors (Lipinski definition) is 1. The first-order valence-corrected chi connectivity index (χ1v) is 6.27. The Bertz CT molecular complexity index is 236. The number of amides is 1. The number of carbonyl (C=O) groups excluding carboxylic acids is 1. The fourth-order valence-corrected chi connectivity index (χ4v) is 3.10. The molecule has 1 unspecified atom stereocenters. The Morgan fingerprint density at radius 2 is 2.29 bits per heavy atom. The molecular weight excluding hydrogens is 193 g/mol. The van der Waals surface area contributed by atoms with Gasteiger partial charge < -0.3 is 9.20 Å². The highest BCUT2D eigenvalue weighted by molar-refractivity contribution is 6.04. The van der Waals surface area contributed by atoms with Gasteiger partial charge in [-0.25, -0.2) is 0 Å². The molecule has 1 N–H and O–H groups in total. The maximum atomic E-state index is 11.4. The normalized spacial score (nSPS) is 35.9. The summed E-state index contributed by atoms with van der Waals surface area (Å²) in [6.07, 6.45) is 0.664. The third kappa shape index (κ3) is 2.12. The Morgan fingerprint density at radius 1 is 1.50 bits per heavy atom. The lowest BCUT2D eigenvalue weighted by molar-refractivity contribution is -0.121. The fraction of sp³-hybridized carbons (Fsp3) is 0.889. The van der Waals surface area contributed by atoms with Crippen LogP contribution in [0.2, 0.25) is 0 Å². The zero-order valence-corrected chi connectivity index (χ0v) is 11.0. The van der Waals surface area contributed by atoms with Crippen LogP contribution in [-0.2, 0) is 4.79 Å². The summed E-state index contributed by atoms with van der Waals surface area (Å²) in [5.41, 5.74) is 0. The Labute approximate surface area is 93.3 Å². The van der Waals surface area contributed by atoms with Gasteiger partial charge in [0.2, 0.25) is 5.91 Å². The lowest BCUT2D eigenvalue weighted by Crippen LogP contribution is -2.56. The molecule has 0 aliphatic carbocycles. The van der Waals surface area contributed by atoms with Crippen molar-refractivity contribution in [3.05, 3.63) is 0 Å². The van der Waals surface area contributed by atoms with Gasteiger partial charge in [-0.2, -0.15) is 0 Å². The molecule has 2 atom stereocenters. The van der Waals surface area contributed by atoms with Gasteiger partial charge in [0.1, 0.15) is 0 Å². The van der Waals surface area contributed by atoms with Crippen LogP contribution >= 0.6 is 0 Å². The minimum atomic E-state index is 0.215. The summed E-state index contributed by atoms with van der Waals surface area (Å²) in [4.78, 5) is 13.9. The molecule has 0 spiro atoms. The Balaban J connectivity index is 2.07. The van der Waals surface area contributed by atoms with E-state index in [0.29, 0.717) is 18.5 Å². The van der Waals surface area contributed by atoms with E-state index in [1.165, 1.54) is 6.54 Å². The minimum Gasteiger partial charge on any atom is -0.388 e. The van der Waals surface area contributed by atoms with Crippen molar-refractivity contribution in [1.82, 2.24) is 14.1 Å². The second-order valence-corrected chi connectivity index (χ2v) is 5.78. The number of rotatable bonds is 0. The molecule has 4 nitrogen and oxygen atoms in total. The quantitative estimate of drug-likeness (QED) is 0.492. The van der Waals surface area contributed by atoms with Crippen LogP contribution < -0.4 is 5.32 Å². The summed E-state index contributed by atoms with van der Waals surface area (Å²) in [5.74, 6) is 0.215. The molecule has 0 bridgehead atoms. The van der Waals surface area contributed by atoms with Gasteiger partial charge in [-0.3, -0.25) is 9.69 Å². The van der Waals surface area contributed by atoms with Crippen LogP contribution in [0.3, 0.4) is 0 Å². The van der Waals surface area contributed by atoms with E-state index >= 15 is 0 Å². The first-order chi connectivity index (χ1) is 6.66. The van der Waals surface area contributed by atoms with Crippen molar-refractivity contribution >= 4 is 22.4 Å². The lowest BCUT2D eigenvalue weighted by atomic mass is 10.1. The predicted octanol–water partition coefficient (Wildman–Crippen LogP) is -1.57. The zero-order valence-electron chi connectivity index (χ0n) is 8.99. The van der Waals surface area contributed by atoms with Crippen molar-refractivity contribution in [2.75, 3.05) is 26.2 Å². The van der Waals surface area contributed by atoms with Crippen molar-refractivity contribution in [3.63, 3.8) is 0 Å². The Kier molecular flexibility index (Phi) is 3.13. The lowest BCUT2D eigenvalue weighted by Gasteiger charge is -2.42. The average molecular weight is 211 g/mol. The number of hydrogen-bond acceptors (Lipinski definition) is 3. The highest BCUT2D eigenvalue weighted by atomic mass is 27.1. The van der Waals surface area contributed by atoms with Crippen LogP contribution in [0.1, 0.15) is 13.3 Å². The van der Waals surface area contributed by atoms with E-state index in [4.69, 9.17) is 0 Å². The molecule has 14 heavy (non-hydrogen) atoms. The molecule has 0 aromatic heterocycles. The molecule has 5 heteroatoms. The maximum absolute atomic E-state index is 11.4. The first-order valence-electron chi connectivity index (χ1n) is 5.38. The average Bonchev–Trinajstić information content (AvgIpc) is 2.26. The van der Waals surface area contributed by atoms with Crippen LogP contribution in [0, 0.1) is 0 Å². The molecule has 2 fully saturated rings. The van der Waals surface area contributed by atoms with Gasteiger partial charge in [0, 0.05) is 31.6 Å². The van der Waals surface area contributed by atoms with E-state index in [-0.39, 0.29) is 5.91 Å². The van der Waals surface area contributed by atoms with Gasteiger partial charge in [-0.05, 0) is 20.0 Å². The summed E-state index contributed by atoms with van der Waals surface area (Å²) in [5, 5.41) is 3.00. The molecule has 2 aliphatic heterocycles. The number of nitrogens with one attached hydrogen (secondary N) is 1. The summed E-state index contributed by atoms with van der Waals surface area (Å²) >= 11 is 1.14. The SMILES string of the molecule is C[C@@H]1CC(=O)NCC2C[N]([AlH2])CCN21. The van der Waals surface area contributed by atoms with Crippen molar-refractivity contribution in [3.8, 4) is 0 Å². The highest BCUT2D eigenvalue weighted by Gasteiger charge is 2.31. The number of piperazine rings is 1. The van der Waals surface area contributed by atoms with E-state index in [1.807, 2.05) is 0 Å². The molecule has 0 aromatic carbocycles. The van der Waals surface area contributed by atoms with Crippen molar-refractivity contribution in [2.24, 2.45) is 0 Å². The molecule has 1 amide bonds. The van der Waals surface area contributed by atoms with E-state index < -0.39 is 0 Å². The number of carbonyl (C=O) groups is 1. The molecule has 0 aromatic rings. The van der Waals surface area contributed by atoms with Gasteiger partial charge in [-0.15, -0.1) is 0 Å². The van der Waals surface area contributed by atoms with Gasteiger partial charge in [0.25, 0.3) is 0 Å².